The molecule has 3 fully saturated rings. The molecule has 0 aromatic heterocycles. The number of benzene rings is 1. The molecule has 2 heterocycles. The van der Waals surface area contributed by atoms with Crippen LogP contribution in [0.2, 0.25) is 5.02 Å². The summed E-state index contributed by atoms with van der Waals surface area (Å²) in [6, 6.07) is 5.42. The van der Waals surface area contributed by atoms with Gasteiger partial charge >= 0.3 is 6.09 Å². The number of carbonyl (C=O) groups excluding carboxylic acids is 1. The fourth-order valence-electron chi connectivity index (χ4n) is 4.62. The molecule has 0 radical (unpaired) electrons. The molecule has 7 nitrogen and oxygen atoms in total. The average molecular weight is 489 g/mol. The largest absolute Gasteiger partial charge is 0.441 e. The third-order valence-corrected chi connectivity index (χ3v) is 9.98. The zero-order valence-corrected chi connectivity index (χ0v) is 20.0. The molecule has 3 aliphatic rings. The number of carbonyl (C=O) groups is 1. The van der Waals surface area contributed by atoms with E-state index in [9.17, 15) is 18.3 Å². The van der Waals surface area contributed by atoms with Crippen molar-refractivity contribution in [2.75, 3.05) is 24.7 Å². The number of likely N-dealkylation sites (tertiary alicyclic amines) is 1. The van der Waals surface area contributed by atoms with Crippen molar-refractivity contribution in [1.82, 2.24) is 9.21 Å². The molecule has 0 bridgehead atoms. The minimum atomic E-state index is -3.79. The second-order valence-corrected chi connectivity index (χ2v) is 11.9. The van der Waals surface area contributed by atoms with E-state index in [2.05, 4.69) is 0 Å². The third-order valence-electron chi connectivity index (χ3n) is 6.58. The number of hydrogen-bond donors (Lipinski definition) is 1. The molecule has 1 N–H and O–H groups in total. The van der Waals surface area contributed by atoms with Crippen molar-refractivity contribution in [1.29, 1.82) is 0 Å². The summed E-state index contributed by atoms with van der Waals surface area (Å²) in [5, 5.41) is 10.0. The van der Waals surface area contributed by atoms with Gasteiger partial charge in [0, 0.05) is 29.1 Å². The van der Waals surface area contributed by atoms with Crippen molar-refractivity contribution in [3.8, 4) is 0 Å². The standard InChI is InChI=1S/C21H29ClN2O5S2/c1-2-16-13-30-14-19(24(16)31(27,28)18-7-5-15(22)6-8-18)21(9-10-21)29-20(26)23-11-3-4-17(23)12-25/h5-8,16-17,19,25H,2-4,9-14H2,1H3/t16-,17+,19-/m1/s1. The van der Waals surface area contributed by atoms with Crippen LogP contribution in [-0.2, 0) is 14.8 Å². The Morgan fingerprint density at radius 3 is 2.58 bits per heavy atom. The number of ether oxygens (including phenoxy) is 1. The molecule has 1 aromatic carbocycles. The van der Waals surface area contributed by atoms with E-state index in [1.54, 1.807) is 33.1 Å². The summed E-state index contributed by atoms with van der Waals surface area (Å²) in [6.07, 6.45) is 3.12. The van der Waals surface area contributed by atoms with Gasteiger partial charge in [0.25, 0.3) is 0 Å². The van der Waals surface area contributed by atoms with Crippen LogP contribution in [0.4, 0.5) is 4.79 Å². The van der Waals surface area contributed by atoms with Gasteiger partial charge in [0.05, 0.1) is 23.6 Å². The highest BCUT2D eigenvalue weighted by molar-refractivity contribution is 7.99. The first-order valence-corrected chi connectivity index (χ1v) is 13.8. The molecule has 0 spiro atoms. The maximum absolute atomic E-state index is 13.7. The van der Waals surface area contributed by atoms with Gasteiger partial charge < -0.3 is 14.7 Å². The van der Waals surface area contributed by atoms with E-state index in [0.29, 0.717) is 42.3 Å². The number of sulfonamides is 1. The van der Waals surface area contributed by atoms with Crippen molar-refractivity contribution in [3.63, 3.8) is 0 Å². The molecule has 4 rings (SSSR count). The van der Waals surface area contributed by atoms with Gasteiger partial charge in [0.15, 0.2) is 0 Å². The van der Waals surface area contributed by atoms with Crippen LogP contribution in [0.3, 0.4) is 0 Å². The second kappa shape index (κ2) is 9.09. The van der Waals surface area contributed by atoms with Crippen molar-refractivity contribution in [2.45, 2.75) is 67.6 Å². The van der Waals surface area contributed by atoms with Crippen LogP contribution in [0.5, 0.6) is 0 Å². The Morgan fingerprint density at radius 2 is 1.97 bits per heavy atom. The molecule has 172 valence electrons. The maximum atomic E-state index is 13.7. The lowest BCUT2D eigenvalue weighted by atomic mass is 10.1. The molecule has 3 atom stereocenters. The summed E-state index contributed by atoms with van der Waals surface area (Å²) in [4.78, 5) is 14.7. The first-order valence-electron chi connectivity index (χ1n) is 10.8. The predicted molar refractivity (Wildman–Crippen MR) is 121 cm³/mol. The first-order chi connectivity index (χ1) is 14.8. The molecule has 1 amide bonds. The summed E-state index contributed by atoms with van der Waals surface area (Å²) < 4.78 is 35.0. The number of rotatable bonds is 6. The lowest BCUT2D eigenvalue weighted by Gasteiger charge is -2.44. The van der Waals surface area contributed by atoms with Crippen LogP contribution in [0.25, 0.3) is 0 Å². The summed E-state index contributed by atoms with van der Waals surface area (Å²) in [5.41, 5.74) is -0.806. The molecule has 10 heteroatoms. The minimum absolute atomic E-state index is 0.0869. The van der Waals surface area contributed by atoms with Gasteiger partial charge in [-0.15, -0.1) is 0 Å². The fourth-order valence-corrected chi connectivity index (χ4v) is 8.36. The van der Waals surface area contributed by atoms with Crippen LogP contribution >= 0.6 is 23.4 Å². The number of amides is 1. The monoisotopic (exact) mass is 488 g/mol. The molecule has 1 aliphatic carbocycles. The highest BCUT2D eigenvalue weighted by Gasteiger charge is 2.60. The van der Waals surface area contributed by atoms with E-state index in [1.165, 1.54) is 12.1 Å². The number of thioether (sulfide) groups is 1. The lowest BCUT2D eigenvalue weighted by molar-refractivity contribution is 0.00594. The first kappa shape index (κ1) is 23.2. The molecule has 2 saturated heterocycles. The normalized spacial score (nSPS) is 28.5. The van der Waals surface area contributed by atoms with Crippen LogP contribution in [0.1, 0.15) is 39.0 Å². The number of aliphatic hydroxyl groups excluding tert-OH is 1. The molecule has 31 heavy (non-hydrogen) atoms. The van der Waals surface area contributed by atoms with E-state index in [4.69, 9.17) is 16.3 Å². The van der Waals surface area contributed by atoms with Gasteiger partial charge in [0.1, 0.15) is 5.60 Å². The molecule has 0 unspecified atom stereocenters. The Hall–Kier alpha value is -1.00. The summed E-state index contributed by atoms with van der Waals surface area (Å²) >= 11 is 7.68. The van der Waals surface area contributed by atoms with Crippen molar-refractivity contribution < 1.29 is 23.1 Å². The van der Waals surface area contributed by atoms with Crippen molar-refractivity contribution in [2.24, 2.45) is 0 Å². The zero-order chi connectivity index (χ0) is 22.2. The summed E-state index contributed by atoms with van der Waals surface area (Å²) in [7, 11) is -3.79. The summed E-state index contributed by atoms with van der Waals surface area (Å²) in [5.74, 6) is 1.29. The van der Waals surface area contributed by atoms with E-state index in [0.717, 1.165) is 12.8 Å². The fraction of sp³-hybridized carbons (Fsp3) is 0.667. The highest BCUT2D eigenvalue weighted by Crippen LogP contribution is 2.50. The minimum Gasteiger partial charge on any atom is -0.441 e. The predicted octanol–water partition coefficient (Wildman–Crippen LogP) is 3.35. The quantitative estimate of drug-likeness (QED) is 0.660. The highest BCUT2D eigenvalue weighted by atomic mass is 35.5. The number of aliphatic hydroxyl groups is 1. The molecular weight excluding hydrogens is 460 g/mol. The van der Waals surface area contributed by atoms with Crippen LogP contribution < -0.4 is 0 Å². The van der Waals surface area contributed by atoms with E-state index in [-0.39, 0.29) is 23.6 Å². The maximum Gasteiger partial charge on any atom is 0.410 e. The summed E-state index contributed by atoms with van der Waals surface area (Å²) in [6.45, 7) is 2.46. The average Bonchev–Trinajstić information content (AvgIpc) is 3.38. The van der Waals surface area contributed by atoms with Gasteiger partial charge in [0.2, 0.25) is 10.0 Å². The van der Waals surface area contributed by atoms with Gasteiger partial charge in [-0.1, -0.05) is 18.5 Å². The van der Waals surface area contributed by atoms with Crippen LogP contribution in [0.15, 0.2) is 29.2 Å². The third kappa shape index (κ3) is 4.44. The number of nitrogens with zero attached hydrogens (tertiary/aromatic N) is 2. The van der Waals surface area contributed by atoms with E-state index in [1.807, 2.05) is 6.92 Å². The van der Waals surface area contributed by atoms with Crippen LogP contribution in [0, 0.1) is 0 Å². The van der Waals surface area contributed by atoms with Crippen LogP contribution in [-0.4, -0.2) is 77.2 Å². The second-order valence-electron chi connectivity index (χ2n) is 8.51. The van der Waals surface area contributed by atoms with Crippen molar-refractivity contribution in [3.05, 3.63) is 29.3 Å². The topological polar surface area (TPSA) is 87.2 Å². The van der Waals surface area contributed by atoms with Crippen molar-refractivity contribution >= 4 is 39.5 Å². The van der Waals surface area contributed by atoms with Gasteiger partial charge in [-0.2, -0.15) is 16.1 Å². The van der Waals surface area contributed by atoms with Gasteiger partial charge in [-0.25, -0.2) is 13.2 Å². The Balaban J connectivity index is 1.62. The molecule has 1 saturated carbocycles. The molecule has 1 aromatic rings. The molecule has 2 aliphatic heterocycles. The SMILES string of the molecule is CC[C@@H]1CSC[C@H](C2(OC(=O)N3CCC[C@H]3CO)CC2)N1S(=O)(=O)c1ccc(Cl)cc1. The lowest BCUT2D eigenvalue weighted by Crippen LogP contribution is -2.59. The number of halogens is 1. The smallest absolute Gasteiger partial charge is 0.410 e. The van der Waals surface area contributed by atoms with E-state index >= 15 is 0 Å². The Bertz CT molecular complexity index is 907. The number of hydrogen-bond acceptors (Lipinski definition) is 6. The van der Waals surface area contributed by atoms with Gasteiger partial charge in [-0.3, -0.25) is 0 Å². The van der Waals surface area contributed by atoms with Gasteiger partial charge in [-0.05, 0) is 56.4 Å². The zero-order valence-electron chi connectivity index (χ0n) is 17.6. The Morgan fingerprint density at radius 1 is 1.26 bits per heavy atom. The molecular formula is C21H29ClN2O5S2. The Kier molecular flexibility index (Phi) is 6.80. The van der Waals surface area contributed by atoms with E-state index < -0.39 is 27.8 Å². The Labute approximate surface area is 193 Å².